The highest BCUT2D eigenvalue weighted by atomic mass is 16.2. The van der Waals surface area contributed by atoms with Gasteiger partial charge in [-0.05, 0) is 31.2 Å². The highest BCUT2D eigenvalue weighted by Gasteiger charge is 2.30. The van der Waals surface area contributed by atoms with Crippen LogP contribution in [0.3, 0.4) is 0 Å². The number of hydrogen-bond donors (Lipinski definition) is 0. The normalized spacial score (nSPS) is 15.0. The number of rotatable bonds is 4. The van der Waals surface area contributed by atoms with Crippen molar-refractivity contribution in [2.45, 2.75) is 13.3 Å². The van der Waals surface area contributed by atoms with Crippen LogP contribution in [0.2, 0.25) is 0 Å². The molecule has 1 fully saturated rings. The Morgan fingerprint density at radius 2 is 1.76 bits per heavy atom. The summed E-state index contributed by atoms with van der Waals surface area (Å²) in [5, 5.41) is 8.53. The van der Waals surface area contributed by atoms with E-state index in [1.54, 1.807) is 29.2 Å². The summed E-state index contributed by atoms with van der Waals surface area (Å²) in [5.74, 6) is -0.649. The first kappa shape index (κ1) is 14.7. The molecule has 2 rings (SSSR count). The molecule has 1 aliphatic rings. The quantitative estimate of drug-likeness (QED) is 0.608. The summed E-state index contributed by atoms with van der Waals surface area (Å²) in [6.07, 6.45) is 0.144. The Hall–Kier alpha value is -2.68. The Morgan fingerprint density at radius 3 is 2.24 bits per heavy atom. The number of nitrogens with zero attached hydrogens (tertiary/aromatic N) is 3. The molecule has 0 spiro atoms. The van der Waals surface area contributed by atoms with E-state index in [1.165, 1.54) is 6.92 Å². The van der Waals surface area contributed by atoms with Crippen molar-refractivity contribution in [2.75, 3.05) is 24.5 Å². The summed E-state index contributed by atoms with van der Waals surface area (Å²) in [6, 6.07) is 8.72. The number of piperazine rings is 1. The van der Waals surface area contributed by atoms with Gasteiger partial charge in [0.2, 0.25) is 11.8 Å². The van der Waals surface area contributed by atoms with Crippen LogP contribution >= 0.6 is 0 Å². The van der Waals surface area contributed by atoms with E-state index in [1.807, 2.05) is 6.07 Å². The van der Waals surface area contributed by atoms with Gasteiger partial charge in [0.25, 0.3) is 0 Å². The van der Waals surface area contributed by atoms with E-state index in [4.69, 9.17) is 5.26 Å². The number of Topliss-reactive ketones (excluding diaryl/α,β-unsaturated/α-hetero) is 1. The third-order valence-corrected chi connectivity index (χ3v) is 3.34. The highest BCUT2D eigenvalue weighted by Crippen LogP contribution is 2.18. The van der Waals surface area contributed by atoms with Crippen LogP contribution in [0.4, 0.5) is 5.69 Å². The topological polar surface area (TPSA) is 81.5 Å². The standard InChI is InChI=1S/C15H15N3O3/c1-11(19)12-3-5-13(6-4-12)17-9-14(20)18(8-2-7-16)15(21)10-17/h3-6H,2,8-10H2,1H3. The lowest BCUT2D eigenvalue weighted by Crippen LogP contribution is -2.54. The third kappa shape index (κ3) is 3.26. The number of carbonyl (C=O) groups excluding carboxylic acids is 3. The average Bonchev–Trinajstić information content (AvgIpc) is 2.46. The maximum absolute atomic E-state index is 12.0. The van der Waals surface area contributed by atoms with E-state index in [0.717, 1.165) is 10.6 Å². The smallest absolute Gasteiger partial charge is 0.248 e. The van der Waals surface area contributed by atoms with Gasteiger partial charge in [-0.15, -0.1) is 0 Å². The number of imide groups is 1. The molecule has 0 saturated carbocycles. The van der Waals surface area contributed by atoms with Gasteiger partial charge in [0.15, 0.2) is 5.78 Å². The molecule has 2 amide bonds. The highest BCUT2D eigenvalue weighted by molar-refractivity contribution is 6.03. The zero-order valence-electron chi connectivity index (χ0n) is 11.7. The fourth-order valence-corrected chi connectivity index (χ4v) is 2.19. The zero-order chi connectivity index (χ0) is 15.4. The SMILES string of the molecule is CC(=O)c1ccc(N2CC(=O)N(CCC#N)C(=O)C2)cc1. The van der Waals surface area contributed by atoms with Crippen LogP contribution in [0, 0.1) is 11.3 Å². The summed E-state index contributed by atoms with van der Waals surface area (Å²) in [4.78, 5) is 38.0. The minimum atomic E-state index is -0.308. The molecule has 0 bridgehead atoms. The molecule has 0 aliphatic carbocycles. The molecule has 6 nitrogen and oxygen atoms in total. The van der Waals surface area contributed by atoms with Gasteiger partial charge in [-0.1, -0.05) is 0 Å². The first-order chi connectivity index (χ1) is 10.0. The molecule has 21 heavy (non-hydrogen) atoms. The lowest BCUT2D eigenvalue weighted by molar-refractivity contribution is -0.145. The van der Waals surface area contributed by atoms with Gasteiger partial charge in [-0.25, -0.2) is 0 Å². The Kier molecular flexibility index (Phi) is 4.33. The van der Waals surface area contributed by atoms with Crippen molar-refractivity contribution in [3.63, 3.8) is 0 Å². The van der Waals surface area contributed by atoms with E-state index in [2.05, 4.69) is 0 Å². The molecule has 0 radical (unpaired) electrons. The molecule has 108 valence electrons. The van der Waals surface area contributed by atoms with Gasteiger partial charge >= 0.3 is 0 Å². The van der Waals surface area contributed by atoms with Gasteiger partial charge in [0.05, 0.1) is 25.6 Å². The summed E-state index contributed by atoms with van der Waals surface area (Å²) in [5.41, 5.74) is 1.31. The maximum Gasteiger partial charge on any atom is 0.248 e. The molecule has 0 N–H and O–H groups in total. The zero-order valence-corrected chi connectivity index (χ0v) is 11.7. The van der Waals surface area contributed by atoms with Crippen LogP contribution in [-0.2, 0) is 9.59 Å². The monoisotopic (exact) mass is 285 g/mol. The molecule has 1 aromatic carbocycles. The fourth-order valence-electron chi connectivity index (χ4n) is 2.19. The second-order valence-corrected chi connectivity index (χ2v) is 4.81. The third-order valence-electron chi connectivity index (χ3n) is 3.34. The second kappa shape index (κ2) is 6.18. The van der Waals surface area contributed by atoms with Gasteiger partial charge in [0, 0.05) is 17.8 Å². The van der Waals surface area contributed by atoms with E-state index < -0.39 is 0 Å². The molecule has 1 aromatic rings. The Balaban J connectivity index is 2.10. The molecule has 0 atom stereocenters. The van der Waals surface area contributed by atoms with Crippen LogP contribution in [0.1, 0.15) is 23.7 Å². The predicted molar refractivity (Wildman–Crippen MR) is 75.6 cm³/mol. The lowest BCUT2D eigenvalue weighted by atomic mass is 10.1. The molecule has 0 unspecified atom stereocenters. The summed E-state index contributed by atoms with van der Waals surface area (Å²) in [7, 11) is 0. The summed E-state index contributed by atoms with van der Waals surface area (Å²) >= 11 is 0. The lowest BCUT2D eigenvalue weighted by Gasteiger charge is -2.33. The van der Waals surface area contributed by atoms with Crippen molar-refractivity contribution in [2.24, 2.45) is 0 Å². The molecule has 0 aromatic heterocycles. The molecular weight excluding hydrogens is 270 g/mol. The number of nitriles is 1. The molecular formula is C15H15N3O3. The van der Waals surface area contributed by atoms with Crippen LogP contribution in [-0.4, -0.2) is 42.1 Å². The first-order valence-corrected chi connectivity index (χ1v) is 6.59. The van der Waals surface area contributed by atoms with Crippen molar-refractivity contribution < 1.29 is 14.4 Å². The van der Waals surface area contributed by atoms with Gasteiger partial charge in [-0.3, -0.25) is 19.3 Å². The number of ketones is 1. The summed E-state index contributed by atoms with van der Waals surface area (Å²) in [6.45, 7) is 1.81. The Morgan fingerprint density at radius 1 is 1.19 bits per heavy atom. The molecule has 6 heteroatoms. The first-order valence-electron chi connectivity index (χ1n) is 6.59. The Labute approximate surface area is 122 Å². The number of benzene rings is 1. The number of anilines is 1. The van der Waals surface area contributed by atoms with Crippen LogP contribution in [0.25, 0.3) is 0 Å². The Bertz CT molecular complexity index is 598. The molecule has 1 aliphatic heterocycles. The van der Waals surface area contributed by atoms with Crippen molar-refractivity contribution in [1.82, 2.24) is 4.90 Å². The number of hydrogen-bond acceptors (Lipinski definition) is 5. The van der Waals surface area contributed by atoms with Crippen molar-refractivity contribution in [3.05, 3.63) is 29.8 Å². The van der Waals surface area contributed by atoms with Gasteiger partial charge in [0.1, 0.15) is 0 Å². The van der Waals surface area contributed by atoms with Crippen LogP contribution in [0.5, 0.6) is 0 Å². The number of carbonyl (C=O) groups is 3. The van der Waals surface area contributed by atoms with Crippen molar-refractivity contribution >= 4 is 23.3 Å². The summed E-state index contributed by atoms with van der Waals surface area (Å²) < 4.78 is 0. The minimum Gasteiger partial charge on any atom is -0.353 e. The maximum atomic E-state index is 12.0. The van der Waals surface area contributed by atoms with Crippen molar-refractivity contribution in [3.8, 4) is 6.07 Å². The second-order valence-electron chi connectivity index (χ2n) is 4.81. The van der Waals surface area contributed by atoms with Gasteiger partial charge in [-0.2, -0.15) is 5.26 Å². The predicted octanol–water partition coefficient (Wildman–Crippen LogP) is 0.978. The van der Waals surface area contributed by atoms with E-state index in [9.17, 15) is 14.4 Å². The van der Waals surface area contributed by atoms with E-state index in [-0.39, 0.29) is 43.7 Å². The molecule has 1 saturated heterocycles. The van der Waals surface area contributed by atoms with Crippen LogP contribution < -0.4 is 4.90 Å². The van der Waals surface area contributed by atoms with Crippen molar-refractivity contribution in [1.29, 1.82) is 5.26 Å². The average molecular weight is 285 g/mol. The fraction of sp³-hybridized carbons (Fsp3) is 0.333. The van der Waals surface area contributed by atoms with Gasteiger partial charge < -0.3 is 4.90 Å². The molecule has 1 heterocycles. The largest absolute Gasteiger partial charge is 0.353 e. The number of amides is 2. The van der Waals surface area contributed by atoms with E-state index in [0.29, 0.717) is 5.56 Å². The van der Waals surface area contributed by atoms with E-state index >= 15 is 0 Å². The van der Waals surface area contributed by atoms with Crippen LogP contribution in [0.15, 0.2) is 24.3 Å². The minimum absolute atomic E-state index is 0.0324.